The van der Waals surface area contributed by atoms with E-state index in [2.05, 4.69) is 84.8 Å². The lowest BCUT2D eigenvalue weighted by molar-refractivity contribution is -0.111. The minimum absolute atomic E-state index is 0.0301. The van der Waals surface area contributed by atoms with Crippen LogP contribution in [0.25, 0.3) is 22.4 Å². The Bertz CT molecular complexity index is 1800. The number of aromatic amines is 1. The number of likely N-dealkylation sites (tertiary alicyclic amines) is 3. The third-order valence-electron chi connectivity index (χ3n) is 11.2. The van der Waals surface area contributed by atoms with Crippen molar-refractivity contribution in [3.05, 3.63) is 66.4 Å². The standard InChI is InChI=1S/C22H22N4.C12H23NO3.C12H21NO3/c1-2-16-13-26(15-23)14-20(16)22-12-21(24-25-22)19-10-6-9-18(11-19)17-7-4-3-5-8-17;2*1-5-9-6-13(7-10(9)8-14)11(15)16-12(2,3)4/h3-12,16,20H,2,13-14H2,1H3,(H,24,25);9-10,14H,5-8H2,1-4H3;8-10H,5-7H2,1-4H3/t16-,20-;2*9-,10+/m111/s1. The molecule has 3 saturated heterocycles. The largest absolute Gasteiger partial charge is 0.444 e. The second-order valence-electron chi connectivity index (χ2n) is 17.8. The van der Waals surface area contributed by atoms with Crippen LogP contribution >= 0.6 is 0 Å². The van der Waals surface area contributed by atoms with E-state index >= 15 is 0 Å². The van der Waals surface area contributed by atoms with Crippen molar-refractivity contribution in [1.29, 1.82) is 5.26 Å². The first-order chi connectivity index (χ1) is 27.5. The Morgan fingerprint density at radius 1 is 0.759 bits per heavy atom. The zero-order chi connectivity index (χ0) is 42.6. The van der Waals surface area contributed by atoms with Crippen molar-refractivity contribution in [1.82, 2.24) is 24.9 Å². The molecule has 0 aliphatic carbocycles. The third kappa shape index (κ3) is 12.8. The maximum absolute atomic E-state index is 11.8. The third-order valence-corrected chi connectivity index (χ3v) is 11.2. The normalized spacial score (nSPS) is 22.9. The van der Waals surface area contributed by atoms with Crippen molar-refractivity contribution in [3.63, 3.8) is 0 Å². The molecule has 3 fully saturated rings. The Morgan fingerprint density at radius 3 is 1.83 bits per heavy atom. The van der Waals surface area contributed by atoms with Gasteiger partial charge in [-0.1, -0.05) is 88.6 Å². The zero-order valence-electron chi connectivity index (χ0n) is 36.1. The number of nitriles is 1. The summed E-state index contributed by atoms with van der Waals surface area (Å²) in [6.45, 7) is 21.7. The van der Waals surface area contributed by atoms with Crippen LogP contribution in [0.5, 0.6) is 0 Å². The summed E-state index contributed by atoms with van der Waals surface area (Å²) >= 11 is 0. The highest BCUT2D eigenvalue weighted by Crippen LogP contribution is 2.35. The van der Waals surface area contributed by atoms with E-state index < -0.39 is 11.2 Å². The minimum atomic E-state index is -0.474. The van der Waals surface area contributed by atoms with Crippen molar-refractivity contribution in [2.75, 3.05) is 45.9 Å². The Morgan fingerprint density at radius 2 is 1.31 bits per heavy atom. The molecule has 2 N–H and O–H groups in total. The van der Waals surface area contributed by atoms with Crippen molar-refractivity contribution in [2.45, 2.75) is 98.7 Å². The summed E-state index contributed by atoms with van der Waals surface area (Å²) in [6.07, 6.45) is 5.66. The predicted molar refractivity (Wildman–Crippen MR) is 226 cm³/mol. The van der Waals surface area contributed by atoms with E-state index in [0.717, 1.165) is 55.6 Å². The van der Waals surface area contributed by atoms with Gasteiger partial charge in [-0.15, -0.1) is 0 Å². The van der Waals surface area contributed by atoms with Gasteiger partial charge >= 0.3 is 12.2 Å². The Balaban J connectivity index is 0.000000204. The van der Waals surface area contributed by atoms with Gasteiger partial charge in [0.25, 0.3) is 0 Å². The zero-order valence-corrected chi connectivity index (χ0v) is 36.1. The number of carbonyl (C=O) groups is 3. The van der Waals surface area contributed by atoms with Crippen LogP contribution in [0.15, 0.2) is 60.7 Å². The number of hydrogen-bond donors (Lipinski definition) is 2. The Kier molecular flexibility index (Phi) is 16.3. The van der Waals surface area contributed by atoms with E-state index in [1.807, 2.05) is 59.4 Å². The number of nitrogens with zero attached hydrogens (tertiary/aromatic N) is 5. The molecular weight excluding hydrogens is 733 g/mol. The predicted octanol–water partition coefficient (Wildman–Crippen LogP) is 8.60. The Hall–Kier alpha value is -4.89. The van der Waals surface area contributed by atoms with Crippen LogP contribution in [-0.2, 0) is 14.3 Å². The molecule has 6 atom stereocenters. The van der Waals surface area contributed by atoms with Crippen molar-refractivity contribution in [2.24, 2.45) is 29.6 Å². The number of benzene rings is 2. The SMILES string of the molecule is CC[C@@H]1CN(C#N)C[C@H]1c1cc(-c2cccc(-c3ccccc3)c2)n[nH]1.CC[C@@H]1CN(C(=O)OC(C)(C)C)C[C@H]1C=O.CC[C@@H]1CN(C(=O)OC(C)(C)C)C[C@H]1CO. The van der Waals surface area contributed by atoms with Crippen molar-refractivity contribution < 1.29 is 29.0 Å². The molecule has 0 saturated carbocycles. The summed E-state index contributed by atoms with van der Waals surface area (Å²) < 4.78 is 10.6. The number of nitrogens with one attached hydrogen (secondary N) is 1. The van der Waals surface area contributed by atoms with Crippen LogP contribution in [0.4, 0.5) is 9.59 Å². The van der Waals surface area contributed by atoms with E-state index in [4.69, 9.17) is 9.47 Å². The summed E-state index contributed by atoms with van der Waals surface area (Å²) in [7, 11) is 0. The lowest BCUT2D eigenvalue weighted by Gasteiger charge is -2.24. The van der Waals surface area contributed by atoms with E-state index in [9.17, 15) is 24.8 Å². The minimum Gasteiger partial charge on any atom is -0.444 e. The van der Waals surface area contributed by atoms with E-state index in [1.54, 1.807) is 9.80 Å². The molecule has 2 amide bonds. The van der Waals surface area contributed by atoms with Crippen LogP contribution in [-0.4, -0.2) is 106 Å². The topological polar surface area (TPSA) is 152 Å². The lowest BCUT2D eigenvalue weighted by Crippen LogP contribution is -2.35. The number of aromatic nitrogens is 2. The molecule has 2 aromatic carbocycles. The fourth-order valence-electron chi connectivity index (χ4n) is 7.92. The number of H-pyrrole nitrogens is 1. The molecule has 1 aromatic heterocycles. The van der Waals surface area contributed by atoms with Gasteiger partial charge in [-0.25, -0.2) is 9.59 Å². The molecule has 12 heteroatoms. The second-order valence-corrected chi connectivity index (χ2v) is 17.8. The number of carbonyl (C=O) groups excluding carboxylic acids is 3. The Labute approximate surface area is 345 Å². The summed E-state index contributed by atoms with van der Waals surface area (Å²) in [5.41, 5.74) is 4.68. The first kappa shape index (κ1) is 45.8. The average Bonchev–Trinajstić information content (AvgIpc) is 4.02. The molecule has 12 nitrogen and oxygen atoms in total. The molecule has 0 spiro atoms. The number of aliphatic hydroxyl groups is 1. The van der Waals surface area contributed by atoms with Crippen LogP contribution < -0.4 is 0 Å². The van der Waals surface area contributed by atoms with Crippen LogP contribution in [0, 0.1) is 41.0 Å². The summed E-state index contributed by atoms with van der Waals surface area (Å²) in [4.78, 5) is 39.6. The van der Waals surface area contributed by atoms with E-state index in [0.29, 0.717) is 43.9 Å². The van der Waals surface area contributed by atoms with Gasteiger partial charge in [0.1, 0.15) is 17.5 Å². The fraction of sp³-hybridized carbons (Fsp3) is 0.587. The molecular formula is C46H66N6O6. The smallest absolute Gasteiger partial charge is 0.410 e. The summed E-state index contributed by atoms with van der Waals surface area (Å²) in [5, 5.41) is 26.2. The highest BCUT2D eigenvalue weighted by molar-refractivity contribution is 5.72. The van der Waals surface area contributed by atoms with Gasteiger partial charge < -0.3 is 34.1 Å². The molecule has 3 aliphatic heterocycles. The quantitative estimate of drug-likeness (QED) is 0.169. The maximum atomic E-state index is 11.8. The number of hydrogen-bond acceptors (Lipinski definition) is 9. The van der Waals surface area contributed by atoms with Crippen LogP contribution in [0.3, 0.4) is 0 Å². The van der Waals surface area contributed by atoms with Crippen molar-refractivity contribution >= 4 is 18.5 Å². The fourth-order valence-corrected chi connectivity index (χ4v) is 7.92. The molecule has 58 heavy (non-hydrogen) atoms. The monoisotopic (exact) mass is 799 g/mol. The van der Waals surface area contributed by atoms with Crippen LogP contribution in [0.1, 0.15) is 93.2 Å². The summed E-state index contributed by atoms with van der Waals surface area (Å²) in [5.74, 6) is 1.70. The number of aliphatic hydroxyl groups excluding tert-OH is 1. The number of ether oxygens (including phenoxy) is 2. The highest BCUT2D eigenvalue weighted by Gasteiger charge is 2.37. The molecule has 6 rings (SSSR count). The van der Waals surface area contributed by atoms with Gasteiger partial charge in [0.2, 0.25) is 0 Å². The molecule has 3 aliphatic rings. The first-order valence-corrected chi connectivity index (χ1v) is 20.9. The number of aldehydes is 1. The summed E-state index contributed by atoms with van der Waals surface area (Å²) in [6, 6.07) is 21.0. The molecule has 0 radical (unpaired) electrons. The van der Waals surface area contributed by atoms with Gasteiger partial charge in [-0.05, 0) is 82.6 Å². The van der Waals surface area contributed by atoms with E-state index in [-0.39, 0.29) is 36.5 Å². The van der Waals surface area contributed by atoms with Crippen molar-refractivity contribution in [3.8, 4) is 28.6 Å². The first-order valence-electron chi connectivity index (χ1n) is 20.9. The van der Waals surface area contributed by atoms with E-state index in [1.165, 1.54) is 11.1 Å². The van der Waals surface area contributed by atoms with Crippen LogP contribution in [0.2, 0.25) is 0 Å². The molecule has 4 heterocycles. The lowest BCUT2D eigenvalue weighted by atomic mass is 9.90. The van der Waals surface area contributed by atoms with Gasteiger partial charge in [-0.3, -0.25) is 5.10 Å². The van der Waals surface area contributed by atoms with Gasteiger partial charge in [0, 0.05) is 74.9 Å². The molecule has 3 aromatic rings. The highest BCUT2D eigenvalue weighted by atomic mass is 16.6. The maximum Gasteiger partial charge on any atom is 0.410 e. The second kappa shape index (κ2) is 20.7. The molecule has 316 valence electrons. The number of rotatable bonds is 8. The molecule has 0 bridgehead atoms. The molecule has 0 unspecified atom stereocenters. The van der Waals surface area contributed by atoms with Gasteiger partial charge in [0.05, 0.1) is 5.69 Å². The van der Waals surface area contributed by atoms with Gasteiger partial charge in [0.15, 0.2) is 6.19 Å². The van der Waals surface area contributed by atoms with Gasteiger partial charge in [-0.2, -0.15) is 10.4 Å². The number of amides is 2. The average molecular weight is 799 g/mol.